The molecule has 1 aliphatic carbocycles. The fraction of sp³-hybridized carbons (Fsp3) is 0.400. The molecule has 2 aliphatic heterocycles. The lowest BCUT2D eigenvalue weighted by Crippen LogP contribution is -2.47. The van der Waals surface area contributed by atoms with Gasteiger partial charge in [0.1, 0.15) is 0 Å². The third-order valence-corrected chi connectivity index (χ3v) is 6.80. The zero-order valence-electron chi connectivity index (χ0n) is 17.3. The van der Waals surface area contributed by atoms with E-state index in [1.165, 1.54) is 5.56 Å². The molecular weight excluding hydrogens is 398 g/mol. The molecule has 31 heavy (non-hydrogen) atoms. The number of hydrogen-bond donors (Lipinski definition) is 1. The van der Waals surface area contributed by atoms with Gasteiger partial charge in [-0.15, -0.1) is 0 Å². The molecule has 1 saturated heterocycles. The van der Waals surface area contributed by atoms with Crippen LogP contribution in [0.2, 0.25) is 0 Å². The lowest BCUT2D eigenvalue weighted by Gasteiger charge is -2.38. The van der Waals surface area contributed by atoms with Gasteiger partial charge >= 0.3 is 0 Å². The smallest absolute Gasteiger partial charge is 0.253 e. The summed E-state index contributed by atoms with van der Waals surface area (Å²) in [5, 5.41) is 10.7. The van der Waals surface area contributed by atoms with Gasteiger partial charge in [0.15, 0.2) is 0 Å². The summed E-state index contributed by atoms with van der Waals surface area (Å²) in [7, 11) is 0. The van der Waals surface area contributed by atoms with Crippen molar-refractivity contribution in [1.82, 2.24) is 4.90 Å². The summed E-state index contributed by atoms with van der Waals surface area (Å²) in [6, 6.07) is 15.8. The molecule has 2 heterocycles. The Morgan fingerprint density at radius 1 is 1.06 bits per heavy atom. The molecule has 0 aromatic heterocycles. The van der Waals surface area contributed by atoms with Gasteiger partial charge in [0.25, 0.3) is 11.8 Å². The van der Waals surface area contributed by atoms with E-state index >= 15 is 0 Å². The van der Waals surface area contributed by atoms with Crippen molar-refractivity contribution in [3.05, 3.63) is 65.7 Å². The number of aliphatic hydroxyl groups is 1. The maximum Gasteiger partial charge on any atom is 0.253 e. The lowest BCUT2D eigenvalue weighted by molar-refractivity contribution is -0.0366. The summed E-state index contributed by atoms with van der Waals surface area (Å²) in [5.41, 5.74) is 2.84. The first-order chi connectivity index (χ1) is 14.8. The highest BCUT2D eigenvalue weighted by Crippen LogP contribution is 2.53. The van der Waals surface area contributed by atoms with E-state index in [-0.39, 0.29) is 18.7 Å². The number of nitrogens with zero attached hydrogens (tertiary/aromatic N) is 2. The molecule has 1 unspecified atom stereocenters. The van der Waals surface area contributed by atoms with Crippen LogP contribution < -0.4 is 4.90 Å². The molecule has 0 bridgehead atoms. The van der Waals surface area contributed by atoms with Crippen LogP contribution in [-0.2, 0) is 0 Å². The van der Waals surface area contributed by atoms with E-state index in [2.05, 4.69) is 29.2 Å². The summed E-state index contributed by atoms with van der Waals surface area (Å²) in [6.45, 7) is 1.55. The molecule has 1 atom stereocenters. The van der Waals surface area contributed by atoms with Crippen LogP contribution in [0, 0.1) is 5.92 Å². The first-order valence-corrected chi connectivity index (χ1v) is 10.9. The second-order valence-corrected chi connectivity index (χ2v) is 9.00. The number of hydrogen-bond acceptors (Lipinski definition) is 3. The molecule has 3 aliphatic rings. The number of alkyl halides is 2. The normalized spacial score (nSPS) is 23.4. The van der Waals surface area contributed by atoms with Crippen molar-refractivity contribution >= 4 is 23.4 Å². The van der Waals surface area contributed by atoms with E-state index in [1.807, 2.05) is 36.4 Å². The van der Waals surface area contributed by atoms with Crippen LogP contribution in [0.4, 0.5) is 20.2 Å². The molecule has 162 valence electrons. The largest absolute Gasteiger partial charge is 0.390 e. The maximum atomic E-state index is 13.2. The SMILES string of the molecule is O=C(c1ccc(N2CC=Cc3ccccc32)cc1)N1CCC(O)(CC2CC2(F)F)CC1. The van der Waals surface area contributed by atoms with Crippen LogP contribution in [0.15, 0.2) is 54.6 Å². The van der Waals surface area contributed by atoms with E-state index < -0.39 is 17.4 Å². The molecule has 4 nitrogen and oxygen atoms in total. The van der Waals surface area contributed by atoms with Gasteiger partial charge in [0.05, 0.1) is 5.60 Å². The summed E-state index contributed by atoms with van der Waals surface area (Å²) < 4.78 is 26.4. The van der Waals surface area contributed by atoms with E-state index in [1.54, 1.807) is 4.90 Å². The molecular formula is C25H26F2N2O2. The Labute approximate surface area is 180 Å². The van der Waals surface area contributed by atoms with Crippen LogP contribution in [0.5, 0.6) is 0 Å². The van der Waals surface area contributed by atoms with Crippen molar-refractivity contribution in [2.45, 2.75) is 37.2 Å². The van der Waals surface area contributed by atoms with E-state index in [4.69, 9.17) is 0 Å². The second kappa shape index (κ2) is 7.45. The summed E-state index contributed by atoms with van der Waals surface area (Å²) in [5.74, 6) is -3.40. The molecule has 2 aromatic carbocycles. The number of piperidine rings is 1. The Bertz CT molecular complexity index is 1010. The lowest BCUT2D eigenvalue weighted by atomic mass is 9.86. The van der Waals surface area contributed by atoms with Crippen molar-refractivity contribution in [2.24, 2.45) is 5.92 Å². The van der Waals surface area contributed by atoms with Gasteiger partial charge in [0.2, 0.25) is 0 Å². The average Bonchev–Trinajstić information content (AvgIpc) is 3.38. The highest BCUT2D eigenvalue weighted by Gasteiger charge is 2.59. The maximum absolute atomic E-state index is 13.2. The number of rotatable bonds is 4. The molecule has 1 N–H and O–H groups in total. The summed E-state index contributed by atoms with van der Waals surface area (Å²) in [6.07, 6.45) is 4.93. The molecule has 6 heteroatoms. The Kier molecular flexibility index (Phi) is 4.85. The first-order valence-electron chi connectivity index (χ1n) is 10.9. The Hall–Kier alpha value is -2.73. The molecule has 2 aromatic rings. The number of benzene rings is 2. The van der Waals surface area contributed by atoms with E-state index in [0.717, 1.165) is 17.9 Å². The number of anilines is 2. The topological polar surface area (TPSA) is 43.8 Å². The number of halogens is 2. The number of para-hydroxylation sites is 1. The minimum atomic E-state index is -2.62. The standard InChI is InChI=1S/C25H26F2N2O2/c26-25(27)17-20(25)16-24(31)11-14-28(15-12-24)23(30)19-7-9-21(10-8-19)29-13-3-5-18-4-1-2-6-22(18)29/h1-10,20,31H,11-17H2. The van der Waals surface area contributed by atoms with Crippen molar-refractivity contribution in [3.8, 4) is 0 Å². The molecule has 0 radical (unpaired) electrons. The molecule has 0 spiro atoms. The van der Waals surface area contributed by atoms with Crippen LogP contribution in [0.3, 0.4) is 0 Å². The zero-order valence-corrected chi connectivity index (χ0v) is 17.3. The fourth-order valence-electron chi connectivity index (χ4n) is 4.75. The number of likely N-dealkylation sites (tertiary alicyclic amines) is 1. The number of carbonyl (C=O) groups excluding carboxylic acids is 1. The minimum Gasteiger partial charge on any atom is -0.390 e. The Balaban J connectivity index is 1.23. The summed E-state index contributed by atoms with van der Waals surface area (Å²) in [4.78, 5) is 16.9. The predicted molar refractivity (Wildman–Crippen MR) is 117 cm³/mol. The zero-order chi connectivity index (χ0) is 21.6. The van der Waals surface area contributed by atoms with Crippen LogP contribution in [0.1, 0.15) is 41.6 Å². The van der Waals surface area contributed by atoms with Crippen molar-refractivity contribution in [1.29, 1.82) is 0 Å². The van der Waals surface area contributed by atoms with Crippen LogP contribution in [0.25, 0.3) is 6.08 Å². The predicted octanol–water partition coefficient (Wildman–Crippen LogP) is 4.86. The average molecular weight is 424 g/mol. The minimum absolute atomic E-state index is 0.0794. The molecule has 1 saturated carbocycles. The number of amides is 1. The van der Waals surface area contributed by atoms with Crippen LogP contribution in [-0.4, -0.2) is 47.1 Å². The van der Waals surface area contributed by atoms with Gasteiger partial charge in [-0.1, -0.05) is 30.4 Å². The molecule has 5 rings (SSSR count). The Morgan fingerprint density at radius 2 is 1.74 bits per heavy atom. The summed E-state index contributed by atoms with van der Waals surface area (Å²) >= 11 is 0. The van der Waals surface area contributed by atoms with Gasteiger partial charge in [-0.3, -0.25) is 4.79 Å². The van der Waals surface area contributed by atoms with Gasteiger partial charge in [0, 0.05) is 48.9 Å². The molecule has 2 fully saturated rings. The monoisotopic (exact) mass is 424 g/mol. The number of carbonyl (C=O) groups is 1. The fourth-order valence-corrected chi connectivity index (χ4v) is 4.75. The van der Waals surface area contributed by atoms with Gasteiger partial charge in [-0.2, -0.15) is 0 Å². The van der Waals surface area contributed by atoms with Crippen LogP contribution >= 0.6 is 0 Å². The van der Waals surface area contributed by atoms with Gasteiger partial charge in [-0.05, 0) is 55.2 Å². The van der Waals surface area contributed by atoms with Gasteiger partial charge < -0.3 is 14.9 Å². The third-order valence-electron chi connectivity index (χ3n) is 6.80. The number of fused-ring (bicyclic) bond motifs is 1. The highest BCUT2D eigenvalue weighted by molar-refractivity contribution is 5.95. The quantitative estimate of drug-likeness (QED) is 0.762. The van der Waals surface area contributed by atoms with E-state index in [0.29, 0.717) is 31.5 Å². The Morgan fingerprint density at radius 3 is 2.42 bits per heavy atom. The van der Waals surface area contributed by atoms with Crippen molar-refractivity contribution < 1.29 is 18.7 Å². The molecule has 1 amide bonds. The second-order valence-electron chi connectivity index (χ2n) is 9.00. The van der Waals surface area contributed by atoms with Crippen molar-refractivity contribution in [3.63, 3.8) is 0 Å². The van der Waals surface area contributed by atoms with Crippen molar-refractivity contribution in [2.75, 3.05) is 24.5 Å². The van der Waals surface area contributed by atoms with E-state index in [9.17, 15) is 18.7 Å². The highest BCUT2D eigenvalue weighted by atomic mass is 19.3. The first kappa shape index (κ1) is 20.2. The third kappa shape index (κ3) is 3.97. The van der Waals surface area contributed by atoms with Gasteiger partial charge in [-0.25, -0.2) is 8.78 Å².